The second-order valence-corrected chi connectivity index (χ2v) is 10.1. The van der Waals surface area contributed by atoms with Crippen molar-refractivity contribution in [3.8, 4) is 11.3 Å². The lowest BCUT2D eigenvalue weighted by atomic mass is 10.1. The highest BCUT2D eigenvalue weighted by Crippen LogP contribution is 2.29. The second-order valence-electron chi connectivity index (χ2n) is 8.77. The van der Waals surface area contributed by atoms with Gasteiger partial charge in [0.2, 0.25) is 5.91 Å². The summed E-state index contributed by atoms with van der Waals surface area (Å²) in [5, 5.41) is 10.4. The van der Waals surface area contributed by atoms with E-state index in [9.17, 15) is 9.59 Å². The molecule has 0 saturated carbocycles. The fourth-order valence-corrected chi connectivity index (χ4v) is 4.67. The van der Waals surface area contributed by atoms with Crippen LogP contribution in [0.4, 0.5) is 11.4 Å². The van der Waals surface area contributed by atoms with E-state index in [2.05, 4.69) is 16.0 Å². The third-order valence-electron chi connectivity index (χ3n) is 5.79. The fourth-order valence-electron chi connectivity index (χ4n) is 3.93. The van der Waals surface area contributed by atoms with Crippen LogP contribution in [0, 0.1) is 6.92 Å². The molecule has 40 heavy (non-hydrogen) atoms. The van der Waals surface area contributed by atoms with E-state index in [1.807, 2.05) is 25.1 Å². The summed E-state index contributed by atoms with van der Waals surface area (Å²) in [6, 6.07) is 23.0. The Kier molecular flexibility index (Phi) is 8.02. The van der Waals surface area contributed by atoms with E-state index in [4.69, 9.17) is 44.3 Å². The molecular formula is C30H21Cl2N3O4S. The molecular weight excluding hydrogens is 569 g/mol. The highest BCUT2D eigenvalue weighted by molar-refractivity contribution is 7.80. The van der Waals surface area contributed by atoms with Crippen molar-refractivity contribution in [2.24, 2.45) is 0 Å². The number of carbonyl (C=O) groups excluding carboxylic acids is 2. The maximum absolute atomic E-state index is 12.7. The summed E-state index contributed by atoms with van der Waals surface area (Å²) in [5.74, 6) is 0.465. The molecule has 0 aliphatic heterocycles. The molecule has 0 bridgehead atoms. The van der Waals surface area contributed by atoms with Gasteiger partial charge in [-0.15, -0.1) is 0 Å². The van der Waals surface area contributed by atoms with Gasteiger partial charge in [-0.1, -0.05) is 41.4 Å². The normalized spacial score (nSPS) is 11.1. The van der Waals surface area contributed by atoms with Gasteiger partial charge in [-0.3, -0.25) is 14.9 Å². The van der Waals surface area contributed by atoms with E-state index in [0.29, 0.717) is 38.5 Å². The number of hydrogen-bond acceptors (Lipinski definition) is 5. The third-order valence-corrected chi connectivity index (χ3v) is 6.43. The monoisotopic (exact) mass is 589 g/mol. The Bertz CT molecular complexity index is 1740. The highest BCUT2D eigenvalue weighted by atomic mass is 35.5. The van der Waals surface area contributed by atoms with Gasteiger partial charge in [-0.05, 0) is 91.4 Å². The van der Waals surface area contributed by atoms with Gasteiger partial charge in [0, 0.05) is 38.4 Å². The second kappa shape index (κ2) is 11.8. The van der Waals surface area contributed by atoms with Crippen molar-refractivity contribution in [2.75, 3.05) is 10.6 Å². The van der Waals surface area contributed by atoms with Gasteiger partial charge in [-0.25, -0.2) is 0 Å². The van der Waals surface area contributed by atoms with Crippen LogP contribution in [0.5, 0.6) is 0 Å². The number of rotatable bonds is 6. The molecule has 2 amide bonds. The van der Waals surface area contributed by atoms with Gasteiger partial charge in [0.25, 0.3) is 5.91 Å². The predicted molar refractivity (Wildman–Crippen MR) is 163 cm³/mol. The van der Waals surface area contributed by atoms with E-state index in [1.54, 1.807) is 60.7 Å². The molecule has 0 aliphatic rings. The standard InChI is InChI=1S/C30H21Cl2N3O4S/c1-17-12-22(6-9-24(17)34-29(37)27-15-18-4-2-3-5-25(18)39-27)33-30(40)35-28(36)11-8-23-7-10-26(38-23)19-13-20(31)16-21(32)14-19/h2-16H,1H3,(H,34,37)(H2,33,35,36,40)/b11-8+. The number of benzene rings is 3. The molecule has 3 N–H and O–H groups in total. The van der Waals surface area contributed by atoms with Crippen molar-refractivity contribution in [1.29, 1.82) is 0 Å². The van der Waals surface area contributed by atoms with Crippen molar-refractivity contribution in [3.63, 3.8) is 0 Å². The van der Waals surface area contributed by atoms with Crippen molar-refractivity contribution in [3.05, 3.63) is 112 Å². The van der Waals surface area contributed by atoms with Crippen LogP contribution in [-0.4, -0.2) is 16.9 Å². The molecule has 0 aliphatic carbocycles. The zero-order valence-electron chi connectivity index (χ0n) is 21.0. The van der Waals surface area contributed by atoms with Crippen LogP contribution in [0.25, 0.3) is 28.4 Å². The first kappa shape index (κ1) is 27.2. The summed E-state index contributed by atoms with van der Waals surface area (Å²) >= 11 is 17.4. The van der Waals surface area contributed by atoms with Crippen LogP contribution < -0.4 is 16.0 Å². The maximum Gasteiger partial charge on any atom is 0.291 e. The first-order chi connectivity index (χ1) is 19.2. The number of carbonyl (C=O) groups is 2. The van der Waals surface area contributed by atoms with E-state index >= 15 is 0 Å². The first-order valence-electron chi connectivity index (χ1n) is 12.0. The van der Waals surface area contributed by atoms with Gasteiger partial charge < -0.3 is 19.5 Å². The lowest BCUT2D eigenvalue weighted by Gasteiger charge is -2.12. The quantitative estimate of drug-likeness (QED) is 0.137. The maximum atomic E-state index is 12.7. The summed E-state index contributed by atoms with van der Waals surface area (Å²) < 4.78 is 11.4. The minimum absolute atomic E-state index is 0.113. The number of nitrogens with one attached hydrogen (secondary N) is 3. The summed E-state index contributed by atoms with van der Waals surface area (Å²) in [7, 11) is 0. The molecule has 0 unspecified atom stereocenters. The van der Waals surface area contributed by atoms with Gasteiger partial charge in [0.15, 0.2) is 10.9 Å². The lowest BCUT2D eigenvalue weighted by molar-refractivity contribution is -0.115. The number of fused-ring (bicyclic) bond motifs is 1. The zero-order valence-corrected chi connectivity index (χ0v) is 23.3. The number of para-hydroxylation sites is 1. The van der Waals surface area contributed by atoms with E-state index in [1.165, 1.54) is 12.2 Å². The third kappa shape index (κ3) is 6.60. The Morgan fingerprint density at radius 2 is 1.65 bits per heavy atom. The van der Waals surface area contributed by atoms with Gasteiger partial charge in [0.05, 0.1) is 0 Å². The molecule has 2 heterocycles. The number of halogens is 2. The summed E-state index contributed by atoms with van der Waals surface area (Å²) in [6.07, 6.45) is 2.83. The Morgan fingerprint density at radius 3 is 2.40 bits per heavy atom. The van der Waals surface area contributed by atoms with Crippen LogP contribution in [0.2, 0.25) is 10.0 Å². The van der Waals surface area contributed by atoms with Crippen LogP contribution in [-0.2, 0) is 4.79 Å². The Labute approximate surface area is 244 Å². The largest absolute Gasteiger partial charge is 0.457 e. The van der Waals surface area contributed by atoms with Crippen LogP contribution in [0.15, 0.2) is 93.8 Å². The average Bonchev–Trinajstić information content (AvgIpc) is 3.56. The van der Waals surface area contributed by atoms with Crippen LogP contribution in [0.1, 0.15) is 21.9 Å². The molecule has 0 radical (unpaired) electrons. The average molecular weight is 590 g/mol. The molecule has 0 atom stereocenters. The minimum atomic E-state index is -0.437. The Morgan fingerprint density at radius 1 is 0.875 bits per heavy atom. The molecule has 10 heteroatoms. The fraction of sp³-hybridized carbons (Fsp3) is 0.0333. The summed E-state index contributed by atoms with van der Waals surface area (Å²) in [6.45, 7) is 1.85. The topological polar surface area (TPSA) is 96.5 Å². The Balaban J connectivity index is 1.15. The molecule has 5 aromatic rings. The minimum Gasteiger partial charge on any atom is -0.457 e. The van der Waals surface area contributed by atoms with Gasteiger partial charge in [0.1, 0.15) is 17.1 Å². The van der Waals surface area contributed by atoms with E-state index in [-0.39, 0.29) is 16.8 Å². The number of furan rings is 2. The molecule has 0 saturated heterocycles. The SMILES string of the molecule is Cc1cc(NC(=S)NC(=O)/C=C/c2ccc(-c3cc(Cl)cc(Cl)c3)o2)ccc1NC(=O)c1cc2ccccc2o1. The zero-order chi connectivity index (χ0) is 28.2. The Hall–Kier alpha value is -4.37. The van der Waals surface area contributed by atoms with E-state index < -0.39 is 5.91 Å². The molecule has 0 spiro atoms. The number of aryl methyl sites for hydroxylation is 1. The smallest absolute Gasteiger partial charge is 0.291 e. The van der Waals surface area contributed by atoms with Crippen LogP contribution >= 0.6 is 35.4 Å². The molecule has 0 fully saturated rings. The number of anilines is 2. The van der Waals surface area contributed by atoms with Crippen LogP contribution in [0.3, 0.4) is 0 Å². The molecule has 7 nitrogen and oxygen atoms in total. The first-order valence-corrected chi connectivity index (χ1v) is 13.2. The van der Waals surface area contributed by atoms with Crippen molar-refractivity contribution >= 4 is 80.8 Å². The molecule has 5 rings (SSSR count). The predicted octanol–water partition coefficient (Wildman–Crippen LogP) is 8.09. The molecule has 200 valence electrons. The van der Waals surface area contributed by atoms with Crippen molar-refractivity contribution in [1.82, 2.24) is 5.32 Å². The summed E-state index contributed by atoms with van der Waals surface area (Å²) in [4.78, 5) is 25.0. The highest BCUT2D eigenvalue weighted by Gasteiger charge is 2.14. The lowest BCUT2D eigenvalue weighted by Crippen LogP contribution is -2.32. The van der Waals surface area contributed by atoms with E-state index in [0.717, 1.165) is 16.5 Å². The van der Waals surface area contributed by atoms with Gasteiger partial charge in [-0.2, -0.15) is 0 Å². The molecule has 3 aromatic carbocycles. The number of thiocarbonyl (C=S) groups is 1. The van der Waals surface area contributed by atoms with Gasteiger partial charge >= 0.3 is 0 Å². The van der Waals surface area contributed by atoms with Crippen molar-refractivity contribution in [2.45, 2.75) is 6.92 Å². The summed E-state index contributed by atoms with van der Waals surface area (Å²) in [5.41, 5.74) is 3.42. The molecule has 2 aromatic heterocycles. The number of hydrogen-bond donors (Lipinski definition) is 3. The number of amides is 2. The van der Waals surface area contributed by atoms with Crippen molar-refractivity contribution < 1.29 is 18.4 Å².